The van der Waals surface area contributed by atoms with Crippen LogP contribution in [0.1, 0.15) is 13.8 Å². The van der Waals surface area contributed by atoms with Gasteiger partial charge in [-0.15, -0.1) is 0 Å². The number of halogens is 2. The van der Waals surface area contributed by atoms with Crippen LogP contribution in [0.15, 0.2) is 24.3 Å². The van der Waals surface area contributed by atoms with Crippen LogP contribution in [-0.4, -0.2) is 45.6 Å². The van der Waals surface area contributed by atoms with E-state index in [4.69, 9.17) is 5.11 Å². The van der Waals surface area contributed by atoms with Crippen molar-refractivity contribution in [1.82, 2.24) is 4.90 Å². The highest BCUT2D eigenvalue weighted by molar-refractivity contribution is 9.09. The third kappa shape index (κ3) is 17.8. The Morgan fingerprint density at radius 2 is 1.44 bits per heavy atom. The molecule has 0 heterocycles. The molecule has 0 aromatic carbocycles. The topological polar surface area (TPSA) is 57.6 Å². The molecule has 0 aromatic heterocycles. The van der Waals surface area contributed by atoms with Crippen molar-refractivity contribution in [3.05, 3.63) is 24.3 Å². The van der Waals surface area contributed by atoms with E-state index in [0.717, 1.165) is 6.08 Å². The molecule has 1 amide bonds. The van der Waals surface area contributed by atoms with E-state index >= 15 is 0 Å². The van der Waals surface area contributed by atoms with Crippen LogP contribution in [0.5, 0.6) is 0 Å². The molecule has 1 N–H and O–H groups in total. The summed E-state index contributed by atoms with van der Waals surface area (Å²) in [6.45, 7) is 3.80. The molecule has 18 heavy (non-hydrogen) atoms. The maximum Gasteiger partial charge on any atom is 0.328 e. The summed E-state index contributed by atoms with van der Waals surface area (Å²) in [6, 6.07) is 0. The van der Waals surface area contributed by atoms with E-state index in [-0.39, 0.29) is 15.6 Å². The molecular formula is C12H19Br2NO3. The minimum Gasteiger partial charge on any atom is -0.478 e. The number of alkyl halides is 2. The number of likely N-dealkylation sites (N-methyl/N-ethyl adjacent to an activating group) is 1. The number of hydrogen-bond donors (Lipinski definition) is 1. The Bertz CT molecular complexity index is 310. The maximum absolute atomic E-state index is 10.9. The van der Waals surface area contributed by atoms with Crippen molar-refractivity contribution in [3.8, 4) is 0 Å². The summed E-state index contributed by atoms with van der Waals surface area (Å²) in [7, 11) is 3.46. The molecule has 0 aliphatic heterocycles. The van der Waals surface area contributed by atoms with Crippen LogP contribution in [0.3, 0.4) is 0 Å². The molecule has 0 aliphatic rings. The van der Waals surface area contributed by atoms with Gasteiger partial charge in [0.05, 0.1) is 0 Å². The highest BCUT2D eigenvalue weighted by atomic mass is 79.9. The zero-order valence-electron chi connectivity index (χ0n) is 10.9. The summed E-state index contributed by atoms with van der Waals surface area (Å²) >= 11 is 6.45. The lowest BCUT2D eigenvalue weighted by atomic mass is 10.4. The van der Waals surface area contributed by atoms with Gasteiger partial charge >= 0.3 is 5.97 Å². The molecule has 0 spiro atoms. The molecule has 6 heteroatoms. The number of hydrogen-bond acceptors (Lipinski definition) is 2. The maximum atomic E-state index is 10.9. The van der Waals surface area contributed by atoms with Gasteiger partial charge in [0.1, 0.15) is 0 Å². The van der Waals surface area contributed by atoms with Crippen molar-refractivity contribution in [2.75, 3.05) is 14.1 Å². The Balaban J connectivity index is 0. The standard InChI is InChI=1S/C7H12BrNO.C5H7BrO2/c1-6(8)4-5-7(10)9(2)3;1-4(6)2-3-5(7)8/h4-6H,1-3H3;2-4H,1H3,(H,7,8)/b5-4+;3-2+. The SMILES string of the molecule is CC(Br)/C=C/C(=O)N(C)C.CC(Br)/C=C/C(=O)O. The average molecular weight is 385 g/mol. The molecule has 0 radical (unpaired) electrons. The molecule has 104 valence electrons. The van der Waals surface area contributed by atoms with Crippen molar-refractivity contribution in [1.29, 1.82) is 0 Å². The van der Waals surface area contributed by atoms with E-state index in [1.807, 2.05) is 19.9 Å². The third-order valence-electron chi connectivity index (χ3n) is 1.45. The fourth-order valence-electron chi connectivity index (χ4n) is 0.579. The Hall–Kier alpha value is -0.620. The smallest absolute Gasteiger partial charge is 0.328 e. The first kappa shape index (κ1) is 19.7. The Labute approximate surface area is 125 Å². The molecule has 0 saturated heterocycles. The number of carbonyl (C=O) groups excluding carboxylic acids is 1. The predicted octanol–water partition coefficient (Wildman–Crippen LogP) is 2.82. The number of allylic oxidation sites excluding steroid dienone is 2. The predicted molar refractivity (Wildman–Crippen MR) is 81.4 cm³/mol. The number of carbonyl (C=O) groups is 2. The van der Waals surface area contributed by atoms with Crippen LogP contribution in [0.2, 0.25) is 0 Å². The van der Waals surface area contributed by atoms with Crippen LogP contribution < -0.4 is 0 Å². The number of carboxylic acids is 1. The van der Waals surface area contributed by atoms with Crippen molar-refractivity contribution in [2.45, 2.75) is 23.5 Å². The van der Waals surface area contributed by atoms with E-state index in [1.165, 1.54) is 4.90 Å². The summed E-state index contributed by atoms with van der Waals surface area (Å²) in [5, 5.41) is 8.05. The molecule has 0 bridgehead atoms. The van der Waals surface area contributed by atoms with E-state index in [9.17, 15) is 9.59 Å². The van der Waals surface area contributed by atoms with E-state index in [0.29, 0.717) is 0 Å². The van der Waals surface area contributed by atoms with Gasteiger partial charge in [-0.3, -0.25) is 4.79 Å². The average Bonchev–Trinajstić information content (AvgIpc) is 2.23. The summed E-state index contributed by atoms with van der Waals surface area (Å²) in [4.78, 5) is 22.6. The monoisotopic (exact) mass is 383 g/mol. The summed E-state index contributed by atoms with van der Waals surface area (Å²) < 4.78 is 0. The highest BCUT2D eigenvalue weighted by Crippen LogP contribution is 1.98. The lowest BCUT2D eigenvalue weighted by Crippen LogP contribution is -2.18. The Kier molecular flexibility index (Phi) is 12.6. The number of aliphatic carboxylic acids is 1. The lowest BCUT2D eigenvalue weighted by molar-refractivity contribution is -0.131. The zero-order valence-corrected chi connectivity index (χ0v) is 14.1. The largest absolute Gasteiger partial charge is 0.478 e. The Morgan fingerprint density at radius 1 is 1.06 bits per heavy atom. The number of amides is 1. The van der Waals surface area contributed by atoms with Crippen molar-refractivity contribution < 1.29 is 14.7 Å². The van der Waals surface area contributed by atoms with Crippen LogP contribution in [0, 0.1) is 0 Å². The number of rotatable bonds is 4. The molecule has 4 nitrogen and oxygen atoms in total. The van der Waals surface area contributed by atoms with Crippen LogP contribution in [0.4, 0.5) is 0 Å². The second-order valence-electron chi connectivity index (χ2n) is 3.64. The van der Waals surface area contributed by atoms with E-state index in [2.05, 4.69) is 31.9 Å². The van der Waals surface area contributed by atoms with Gasteiger partial charge in [0, 0.05) is 35.9 Å². The summed E-state index contributed by atoms with van der Waals surface area (Å²) in [5.74, 6) is -0.886. The normalized spacial score (nSPS) is 13.9. The van der Waals surface area contributed by atoms with Crippen LogP contribution in [0.25, 0.3) is 0 Å². The fourth-order valence-corrected chi connectivity index (χ4v) is 0.884. The van der Waals surface area contributed by atoms with Gasteiger partial charge in [0.25, 0.3) is 0 Å². The van der Waals surface area contributed by atoms with Gasteiger partial charge in [-0.05, 0) is 13.8 Å². The molecule has 0 fully saturated rings. The molecule has 0 aliphatic carbocycles. The van der Waals surface area contributed by atoms with Gasteiger partial charge in [-0.25, -0.2) is 4.79 Å². The number of nitrogens with zero attached hydrogens (tertiary/aromatic N) is 1. The first-order valence-electron chi connectivity index (χ1n) is 5.25. The molecule has 0 aromatic rings. The van der Waals surface area contributed by atoms with Crippen molar-refractivity contribution >= 4 is 43.7 Å². The molecular weight excluding hydrogens is 366 g/mol. The summed E-state index contributed by atoms with van der Waals surface area (Å²) in [5.41, 5.74) is 0. The van der Waals surface area contributed by atoms with Crippen LogP contribution >= 0.6 is 31.9 Å². The van der Waals surface area contributed by atoms with Crippen molar-refractivity contribution in [3.63, 3.8) is 0 Å². The lowest BCUT2D eigenvalue weighted by Gasteiger charge is -2.05. The van der Waals surface area contributed by atoms with Crippen LogP contribution in [-0.2, 0) is 9.59 Å². The Morgan fingerprint density at radius 3 is 1.67 bits per heavy atom. The second-order valence-corrected chi connectivity index (χ2v) is 6.53. The molecule has 2 atom stereocenters. The van der Waals surface area contributed by atoms with Gasteiger partial charge in [0.15, 0.2) is 0 Å². The fraction of sp³-hybridized carbons (Fsp3) is 0.500. The first-order valence-corrected chi connectivity index (χ1v) is 7.08. The summed E-state index contributed by atoms with van der Waals surface area (Å²) in [6.07, 6.45) is 6.03. The zero-order chi connectivity index (χ0) is 14.7. The minimum atomic E-state index is -0.906. The molecule has 0 saturated carbocycles. The van der Waals surface area contributed by atoms with Gasteiger partial charge in [-0.1, -0.05) is 44.0 Å². The quantitative estimate of drug-likeness (QED) is 0.598. The highest BCUT2D eigenvalue weighted by Gasteiger charge is 1.96. The minimum absolute atomic E-state index is 0.0197. The van der Waals surface area contributed by atoms with E-state index < -0.39 is 5.97 Å². The first-order chi connectivity index (χ1) is 8.16. The van der Waals surface area contributed by atoms with Gasteiger partial charge in [0.2, 0.25) is 5.91 Å². The molecule has 2 unspecified atom stereocenters. The third-order valence-corrected chi connectivity index (χ3v) is 2.06. The second kappa shape index (κ2) is 11.5. The number of carboxylic acid groups (broad SMARTS) is 1. The van der Waals surface area contributed by atoms with Gasteiger partial charge < -0.3 is 10.0 Å². The van der Waals surface area contributed by atoms with E-state index in [1.54, 1.807) is 26.2 Å². The van der Waals surface area contributed by atoms with Gasteiger partial charge in [-0.2, -0.15) is 0 Å². The molecule has 0 rings (SSSR count). The van der Waals surface area contributed by atoms with Crippen molar-refractivity contribution in [2.24, 2.45) is 0 Å².